The third-order valence-electron chi connectivity index (χ3n) is 1.94. The number of benzene rings is 1. The maximum absolute atomic E-state index is 11.3. The van der Waals surface area contributed by atoms with Gasteiger partial charge in [0, 0.05) is 12.5 Å². The van der Waals surface area contributed by atoms with E-state index in [-0.39, 0.29) is 21.2 Å². The zero-order chi connectivity index (χ0) is 12.7. The molecule has 0 amide bonds. The predicted molar refractivity (Wildman–Crippen MR) is 61.5 cm³/mol. The lowest BCUT2D eigenvalue weighted by Gasteiger charge is -2.09. The Hall–Kier alpha value is -1.28. The van der Waals surface area contributed by atoms with E-state index in [4.69, 9.17) is 11.5 Å². The second kappa shape index (κ2) is 3.63. The predicted octanol–water partition coefficient (Wildman–Crippen LogP) is -0.342. The van der Waals surface area contributed by atoms with Gasteiger partial charge in [0.15, 0.2) is 19.7 Å². The van der Waals surface area contributed by atoms with Gasteiger partial charge in [-0.2, -0.15) is 0 Å². The van der Waals surface area contributed by atoms with Gasteiger partial charge in [0.2, 0.25) is 0 Å². The molecular formula is C8H12N2O4S2. The van der Waals surface area contributed by atoms with E-state index in [0.29, 0.717) is 0 Å². The first kappa shape index (κ1) is 12.8. The van der Waals surface area contributed by atoms with Crippen molar-refractivity contribution in [2.24, 2.45) is 0 Å². The van der Waals surface area contributed by atoms with Gasteiger partial charge >= 0.3 is 0 Å². The van der Waals surface area contributed by atoms with Gasteiger partial charge in [-0.3, -0.25) is 0 Å². The van der Waals surface area contributed by atoms with Crippen molar-refractivity contribution < 1.29 is 16.8 Å². The molecule has 0 saturated heterocycles. The lowest BCUT2D eigenvalue weighted by Crippen LogP contribution is -2.08. The van der Waals surface area contributed by atoms with Crippen molar-refractivity contribution in [1.29, 1.82) is 0 Å². The molecule has 6 nitrogen and oxygen atoms in total. The molecule has 90 valence electrons. The fourth-order valence-corrected chi connectivity index (χ4v) is 2.95. The molecule has 0 bridgehead atoms. The molecule has 1 rings (SSSR count). The van der Waals surface area contributed by atoms with Crippen LogP contribution in [-0.4, -0.2) is 29.3 Å². The Morgan fingerprint density at radius 2 is 1.12 bits per heavy atom. The van der Waals surface area contributed by atoms with Crippen LogP contribution >= 0.6 is 0 Å². The number of nitrogens with two attached hydrogens (primary N) is 2. The molecule has 0 aromatic heterocycles. The van der Waals surface area contributed by atoms with Crippen molar-refractivity contribution in [1.82, 2.24) is 0 Å². The van der Waals surface area contributed by atoms with Crippen LogP contribution in [0.4, 0.5) is 11.4 Å². The maximum Gasteiger partial charge on any atom is 0.177 e. The summed E-state index contributed by atoms with van der Waals surface area (Å²) in [6.45, 7) is 0. The number of rotatable bonds is 2. The largest absolute Gasteiger partial charge is 0.398 e. The number of nitrogen functional groups attached to an aromatic ring is 2. The Morgan fingerprint density at radius 3 is 1.38 bits per heavy atom. The van der Waals surface area contributed by atoms with Gasteiger partial charge in [-0.1, -0.05) is 0 Å². The third-order valence-corrected chi connectivity index (χ3v) is 4.25. The zero-order valence-corrected chi connectivity index (χ0v) is 10.4. The minimum atomic E-state index is -3.58. The fourth-order valence-electron chi connectivity index (χ4n) is 1.24. The van der Waals surface area contributed by atoms with Crippen molar-refractivity contribution in [2.75, 3.05) is 24.0 Å². The molecule has 0 aliphatic heterocycles. The molecule has 0 radical (unpaired) electrons. The van der Waals surface area contributed by atoms with E-state index in [9.17, 15) is 16.8 Å². The normalized spacial score (nSPS) is 12.6. The van der Waals surface area contributed by atoms with Crippen LogP contribution in [0.5, 0.6) is 0 Å². The van der Waals surface area contributed by atoms with E-state index >= 15 is 0 Å². The van der Waals surface area contributed by atoms with Crippen LogP contribution in [0.1, 0.15) is 0 Å². The van der Waals surface area contributed by atoms with Gasteiger partial charge in [0.1, 0.15) is 0 Å². The van der Waals surface area contributed by atoms with Gasteiger partial charge in [-0.15, -0.1) is 0 Å². The van der Waals surface area contributed by atoms with Gasteiger partial charge in [-0.25, -0.2) is 16.8 Å². The van der Waals surface area contributed by atoms with E-state index in [1.54, 1.807) is 0 Å². The molecule has 0 atom stereocenters. The van der Waals surface area contributed by atoms with Crippen LogP contribution < -0.4 is 11.5 Å². The molecule has 0 spiro atoms. The SMILES string of the molecule is CS(=O)(=O)c1cc(S(C)(=O)=O)c(N)cc1N. The summed E-state index contributed by atoms with van der Waals surface area (Å²) < 4.78 is 45.3. The Morgan fingerprint density at radius 1 is 0.812 bits per heavy atom. The van der Waals surface area contributed by atoms with Gasteiger partial charge in [-0.05, 0) is 12.1 Å². The Labute approximate surface area is 94.1 Å². The Balaban J connectivity index is 3.72. The molecule has 1 aromatic carbocycles. The van der Waals surface area contributed by atoms with Crippen molar-refractivity contribution in [3.05, 3.63) is 12.1 Å². The van der Waals surface area contributed by atoms with Gasteiger partial charge < -0.3 is 11.5 Å². The molecule has 0 heterocycles. The second-order valence-corrected chi connectivity index (χ2v) is 7.44. The summed E-state index contributed by atoms with van der Waals surface area (Å²) in [5.41, 5.74) is 10.8. The van der Waals surface area contributed by atoms with Gasteiger partial charge in [0.25, 0.3) is 0 Å². The molecule has 8 heteroatoms. The highest BCUT2D eigenvalue weighted by atomic mass is 32.2. The standard InChI is InChI=1S/C8H12N2O4S2/c1-15(11,12)7-4-8(16(2,13)14)6(10)3-5(7)9/h3-4H,9-10H2,1-2H3. The summed E-state index contributed by atoms with van der Waals surface area (Å²) in [5.74, 6) is 0. The lowest BCUT2D eigenvalue weighted by molar-refractivity contribution is 0.601. The smallest absolute Gasteiger partial charge is 0.177 e. The van der Waals surface area contributed by atoms with Gasteiger partial charge in [0.05, 0.1) is 21.2 Å². The van der Waals surface area contributed by atoms with E-state index in [1.165, 1.54) is 0 Å². The van der Waals surface area contributed by atoms with E-state index in [1.807, 2.05) is 0 Å². The van der Waals surface area contributed by atoms with Crippen molar-refractivity contribution in [2.45, 2.75) is 9.79 Å². The van der Waals surface area contributed by atoms with Crippen LogP contribution in [-0.2, 0) is 19.7 Å². The molecule has 0 unspecified atom stereocenters. The number of anilines is 2. The average molecular weight is 264 g/mol. The summed E-state index contributed by atoms with van der Waals surface area (Å²) in [6, 6.07) is 2.11. The van der Waals surface area contributed by atoms with Crippen LogP contribution in [0.3, 0.4) is 0 Å². The van der Waals surface area contributed by atoms with E-state index in [2.05, 4.69) is 0 Å². The summed E-state index contributed by atoms with van der Waals surface area (Å²) in [6.07, 6.45) is 1.89. The Bertz CT molecular complexity index is 579. The summed E-state index contributed by atoms with van der Waals surface area (Å²) in [7, 11) is -7.16. The minimum Gasteiger partial charge on any atom is -0.398 e. The highest BCUT2D eigenvalue weighted by molar-refractivity contribution is 7.91. The van der Waals surface area contributed by atoms with E-state index in [0.717, 1.165) is 24.6 Å². The summed E-state index contributed by atoms with van der Waals surface area (Å²) >= 11 is 0. The maximum atomic E-state index is 11.3. The molecule has 0 saturated carbocycles. The van der Waals surface area contributed by atoms with E-state index < -0.39 is 19.7 Å². The number of hydrogen-bond acceptors (Lipinski definition) is 6. The fraction of sp³-hybridized carbons (Fsp3) is 0.250. The average Bonchev–Trinajstić information content (AvgIpc) is 1.97. The monoisotopic (exact) mass is 264 g/mol. The topological polar surface area (TPSA) is 120 Å². The number of hydrogen-bond donors (Lipinski definition) is 2. The Kier molecular flexibility index (Phi) is 2.90. The highest BCUT2D eigenvalue weighted by Gasteiger charge is 2.19. The summed E-state index contributed by atoms with van der Waals surface area (Å²) in [4.78, 5) is -0.468. The quantitative estimate of drug-likeness (QED) is 0.705. The lowest BCUT2D eigenvalue weighted by atomic mass is 10.3. The third kappa shape index (κ3) is 2.45. The molecule has 0 aliphatic carbocycles. The van der Waals surface area contributed by atoms with Crippen LogP contribution in [0.2, 0.25) is 0 Å². The molecule has 4 N–H and O–H groups in total. The molecular weight excluding hydrogens is 252 g/mol. The highest BCUT2D eigenvalue weighted by Crippen LogP contribution is 2.27. The summed E-state index contributed by atoms with van der Waals surface area (Å²) in [5, 5.41) is 0. The molecule has 0 aliphatic rings. The first-order chi connectivity index (χ1) is 7.03. The van der Waals surface area contributed by atoms with Crippen molar-refractivity contribution in [3.63, 3.8) is 0 Å². The zero-order valence-electron chi connectivity index (χ0n) is 8.76. The molecule has 0 fully saturated rings. The van der Waals surface area contributed by atoms with Crippen molar-refractivity contribution >= 4 is 31.0 Å². The second-order valence-electron chi connectivity index (χ2n) is 3.47. The first-order valence-corrected chi connectivity index (χ1v) is 7.91. The minimum absolute atomic E-state index is 0.0626. The van der Waals surface area contributed by atoms with Crippen LogP contribution in [0.25, 0.3) is 0 Å². The first-order valence-electron chi connectivity index (χ1n) is 4.12. The van der Waals surface area contributed by atoms with Crippen LogP contribution in [0.15, 0.2) is 21.9 Å². The van der Waals surface area contributed by atoms with Crippen molar-refractivity contribution in [3.8, 4) is 0 Å². The molecule has 1 aromatic rings. The number of sulfone groups is 2. The van der Waals surface area contributed by atoms with Crippen LogP contribution in [0, 0.1) is 0 Å². The molecule has 16 heavy (non-hydrogen) atoms.